The van der Waals surface area contributed by atoms with Crippen LogP contribution in [-0.4, -0.2) is 9.97 Å². The first kappa shape index (κ1) is 8.83. The molecule has 0 unspecified atom stereocenters. The van der Waals surface area contributed by atoms with Crippen molar-refractivity contribution in [2.45, 2.75) is 0 Å². The van der Waals surface area contributed by atoms with E-state index in [9.17, 15) is 3.89 Å². The standard InChI is InChI=1S/C7H4BrFN2OS/c8-6-4-1-2-10-7(4)11-3-5(6)12-13-9/h1-3H,(H,10,11). The molecule has 0 aliphatic carbocycles. The fourth-order valence-electron chi connectivity index (χ4n) is 1.05. The van der Waals surface area contributed by atoms with Gasteiger partial charge in [-0.05, 0) is 22.0 Å². The Bertz CT molecular complexity index is 433. The molecule has 2 aromatic heterocycles. The first-order chi connectivity index (χ1) is 6.33. The number of hydrogen-bond acceptors (Lipinski definition) is 3. The van der Waals surface area contributed by atoms with Gasteiger partial charge in [-0.2, -0.15) is 0 Å². The molecule has 0 saturated heterocycles. The molecule has 6 heteroatoms. The quantitative estimate of drug-likeness (QED) is 0.845. The summed E-state index contributed by atoms with van der Waals surface area (Å²) in [5.41, 5.74) is 0.739. The summed E-state index contributed by atoms with van der Waals surface area (Å²) in [7, 11) is 0. The fraction of sp³-hybridized carbons (Fsp3) is 0. The van der Waals surface area contributed by atoms with Crippen LogP contribution in [0.25, 0.3) is 11.0 Å². The Morgan fingerprint density at radius 3 is 3.23 bits per heavy atom. The number of rotatable bonds is 2. The molecular formula is C7H4BrFN2OS. The van der Waals surface area contributed by atoms with Crippen LogP contribution >= 0.6 is 28.4 Å². The zero-order valence-corrected chi connectivity index (χ0v) is 8.65. The second kappa shape index (κ2) is 3.55. The van der Waals surface area contributed by atoms with Crippen LogP contribution in [0.3, 0.4) is 0 Å². The Balaban J connectivity index is 2.59. The molecule has 0 aliphatic rings. The van der Waals surface area contributed by atoms with Crippen molar-refractivity contribution < 1.29 is 8.07 Å². The smallest absolute Gasteiger partial charge is 0.272 e. The molecule has 0 spiro atoms. The van der Waals surface area contributed by atoms with E-state index in [1.54, 1.807) is 6.20 Å². The highest BCUT2D eigenvalue weighted by molar-refractivity contribution is 9.10. The number of H-pyrrole nitrogens is 1. The maximum Gasteiger partial charge on any atom is 0.272 e. The van der Waals surface area contributed by atoms with Crippen LogP contribution in [0.5, 0.6) is 5.75 Å². The van der Waals surface area contributed by atoms with Crippen LogP contribution < -0.4 is 4.18 Å². The van der Waals surface area contributed by atoms with Gasteiger partial charge in [0.2, 0.25) is 0 Å². The summed E-state index contributed by atoms with van der Waals surface area (Å²) in [6.45, 7) is 0. The molecule has 13 heavy (non-hydrogen) atoms. The number of hydrogen-bond donors (Lipinski definition) is 1. The van der Waals surface area contributed by atoms with Gasteiger partial charge < -0.3 is 9.17 Å². The number of nitrogens with zero attached hydrogens (tertiary/aromatic N) is 1. The van der Waals surface area contributed by atoms with Crippen molar-refractivity contribution in [1.82, 2.24) is 9.97 Å². The molecule has 0 radical (unpaired) electrons. The Hall–Kier alpha value is -0.750. The SMILES string of the molecule is FSOc1cnc2[nH]ccc2c1Br. The number of aromatic amines is 1. The van der Waals surface area contributed by atoms with Gasteiger partial charge in [-0.1, -0.05) is 0 Å². The topological polar surface area (TPSA) is 37.9 Å². The average molecular weight is 263 g/mol. The molecule has 0 amide bonds. The second-order valence-electron chi connectivity index (χ2n) is 2.32. The summed E-state index contributed by atoms with van der Waals surface area (Å²) >= 11 is 3.10. The monoisotopic (exact) mass is 262 g/mol. The third kappa shape index (κ3) is 1.51. The van der Waals surface area contributed by atoms with Crippen molar-refractivity contribution in [2.75, 3.05) is 0 Å². The van der Waals surface area contributed by atoms with Gasteiger partial charge in [0.15, 0.2) is 5.75 Å². The first-order valence-corrected chi connectivity index (χ1v) is 4.83. The molecule has 0 fully saturated rings. The van der Waals surface area contributed by atoms with Gasteiger partial charge in [-0.3, -0.25) is 0 Å². The van der Waals surface area contributed by atoms with Crippen LogP contribution in [0.1, 0.15) is 0 Å². The third-order valence-electron chi connectivity index (χ3n) is 1.61. The van der Waals surface area contributed by atoms with E-state index in [1.807, 2.05) is 6.07 Å². The third-order valence-corrected chi connectivity index (χ3v) is 2.67. The average Bonchev–Trinajstić information content (AvgIpc) is 2.58. The normalized spacial score (nSPS) is 10.6. The van der Waals surface area contributed by atoms with E-state index in [1.165, 1.54) is 6.20 Å². The maximum absolute atomic E-state index is 11.8. The molecule has 0 bridgehead atoms. The summed E-state index contributed by atoms with van der Waals surface area (Å²) in [6.07, 6.45) is 3.21. The molecule has 68 valence electrons. The molecule has 2 heterocycles. The van der Waals surface area contributed by atoms with Crippen molar-refractivity contribution in [3.63, 3.8) is 0 Å². The van der Waals surface area contributed by atoms with Gasteiger partial charge in [0.1, 0.15) is 5.65 Å². The summed E-state index contributed by atoms with van der Waals surface area (Å²) in [4.78, 5) is 6.96. The van der Waals surface area contributed by atoms with Crippen molar-refractivity contribution in [3.8, 4) is 5.75 Å². The molecule has 2 rings (SSSR count). The van der Waals surface area contributed by atoms with Gasteiger partial charge in [0, 0.05) is 11.6 Å². The van der Waals surface area contributed by atoms with Crippen molar-refractivity contribution in [3.05, 3.63) is 22.9 Å². The minimum Gasteiger partial charge on any atom is -0.394 e. The molecule has 3 nitrogen and oxygen atoms in total. The predicted octanol–water partition coefficient (Wildman–Crippen LogP) is 3.24. The minimum absolute atomic E-state index is 0.200. The van der Waals surface area contributed by atoms with E-state index in [0.717, 1.165) is 11.0 Å². The second-order valence-corrected chi connectivity index (χ2v) is 3.41. The summed E-state index contributed by atoms with van der Waals surface area (Å²) < 4.78 is 17.2. The van der Waals surface area contributed by atoms with E-state index < -0.39 is 0 Å². The lowest BCUT2D eigenvalue weighted by Crippen LogP contribution is -1.83. The summed E-state index contributed by atoms with van der Waals surface area (Å²) in [5.74, 6) is 0.375. The molecular weight excluding hydrogens is 259 g/mol. The van der Waals surface area contributed by atoms with E-state index in [2.05, 4.69) is 30.1 Å². The van der Waals surface area contributed by atoms with Gasteiger partial charge in [0.05, 0.1) is 10.7 Å². The lowest BCUT2D eigenvalue weighted by molar-refractivity contribution is 0.605. The Labute approximate surface area is 86.3 Å². The van der Waals surface area contributed by atoms with Crippen LogP contribution in [0, 0.1) is 0 Å². The maximum atomic E-state index is 11.8. The Morgan fingerprint density at radius 1 is 1.62 bits per heavy atom. The first-order valence-electron chi connectivity index (χ1n) is 3.40. The van der Waals surface area contributed by atoms with Gasteiger partial charge in [-0.15, -0.1) is 3.89 Å². The van der Waals surface area contributed by atoms with Crippen molar-refractivity contribution in [2.24, 2.45) is 0 Å². The minimum atomic E-state index is -0.200. The number of nitrogens with one attached hydrogen (secondary N) is 1. The van der Waals surface area contributed by atoms with Gasteiger partial charge >= 0.3 is 0 Å². The summed E-state index contributed by atoms with van der Waals surface area (Å²) in [5, 5.41) is 0.867. The van der Waals surface area contributed by atoms with Crippen molar-refractivity contribution >= 4 is 39.4 Å². The predicted molar refractivity (Wildman–Crippen MR) is 53.1 cm³/mol. The highest BCUT2D eigenvalue weighted by Gasteiger charge is 2.08. The van der Waals surface area contributed by atoms with Gasteiger partial charge in [0.25, 0.3) is 12.4 Å². The highest BCUT2D eigenvalue weighted by atomic mass is 79.9. The molecule has 0 aliphatic heterocycles. The Morgan fingerprint density at radius 2 is 2.46 bits per heavy atom. The number of halogens is 2. The lowest BCUT2D eigenvalue weighted by Gasteiger charge is -2.01. The van der Waals surface area contributed by atoms with Crippen LogP contribution in [0.2, 0.25) is 0 Å². The number of aromatic nitrogens is 2. The zero-order chi connectivity index (χ0) is 9.26. The molecule has 2 aromatic rings. The fourth-order valence-corrected chi connectivity index (χ4v) is 1.85. The van der Waals surface area contributed by atoms with E-state index >= 15 is 0 Å². The van der Waals surface area contributed by atoms with Crippen molar-refractivity contribution in [1.29, 1.82) is 0 Å². The zero-order valence-electron chi connectivity index (χ0n) is 6.25. The molecule has 0 atom stereocenters. The highest BCUT2D eigenvalue weighted by Crippen LogP contribution is 2.32. The lowest BCUT2D eigenvalue weighted by atomic mass is 10.3. The Kier molecular flexibility index (Phi) is 2.41. The molecule has 1 N–H and O–H groups in total. The number of pyridine rings is 1. The van der Waals surface area contributed by atoms with E-state index in [4.69, 9.17) is 0 Å². The molecule has 0 saturated carbocycles. The number of fused-ring (bicyclic) bond motifs is 1. The van der Waals surface area contributed by atoms with E-state index in [0.29, 0.717) is 10.2 Å². The van der Waals surface area contributed by atoms with Crippen LogP contribution in [0.15, 0.2) is 22.9 Å². The van der Waals surface area contributed by atoms with Crippen LogP contribution in [-0.2, 0) is 0 Å². The van der Waals surface area contributed by atoms with Crippen LogP contribution in [0.4, 0.5) is 3.89 Å². The molecule has 0 aromatic carbocycles. The van der Waals surface area contributed by atoms with Gasteiger partial charge in [-0.25, -0.2) is 4.98 Å². The summed E-state index contributed by atoms with van der Waals surface area (Å²) in [6, 6.07) is 1.84. The van der Waals surface area contributed by atoms with E-state index in [-0.39, 0.29) is 12.4 Å². The largest absolute Gasteiger partial charge is 0.394 e.